The Morgan fingerprint density at radius 3 is 2.37 bits per heavy atom. The summed E-state index contributed by atoms with van der Waals surface area (Å²) >= 11 is 0. The molecular weight excluding hydrogens is 342 g/mol. The SMILES string of the molecule is COCCCNc1ncnc(Nc2ccc(Oc3ccccc3)cc2)c1N. The summed E-state index contributed by atoms with van der Waals surface area (Å²) < 4.78 is 10.8. The molecular formula is C20H23N5O2. The van der Waals surface area contributed by atoms with Crippen LogP contribution >= 0.6 is 0 Å². The quantitative estimate of drug-likeness (QED) is 0.493. The summed E-state index contributed by atoms with van der Waals surface area (Å²) in [6, 6.07) is 17.2. The second-order valence-corrected chi connectivity index (χ2v) is 5.82. The summed E-state index contributed by atoms with van der Waals surface area (Å²) in [5.41, 5.74) is 7.50. The van der Waals surface area contributed by atoms with Crippen molar-refractivity contribution in [2.45, 2.75) is 6.42 Å². The molecule has 0 atom stereocenters. The van der Waals surface area contributed by atoms with Crippen molar-refractivity contribution in [3.05, 3.63) is 60.9 Å². The minimum Gasteiger partial charge on any atom is -0.457 e. The van der Waals surface area contributed by atoms with Crippen molar-refractivity contribution in [3.63, 3.8) is 0 Å². The third-order valence-corrected chi connectivity index (χ3v) is 3.80. The maximum atomic E-state index is 6.17. The zero-order valence-electron chi connectivity index (χ0n) is 15.2. The molecule has 7 nitrogen and oxygen atoms in total. The third-order valence-electron chi connectivity index (χ3n) is 3.80. The Hall–Kier alpha value is -3.32. The van der Waals surface area contributed by atoms with Crippen molar-refractivity contribution in [2.75, 3.05) is 36.6 Å². The van der Waals surface area contributed by atoms with Gasteiger partial charge in [0.2, 0.25) is 0 Å². The van der Waals surface area contributed by atoms with Gasteiger partial charge in [-0.3, -0.25) is 0 Å². The first kappa shape index (κ1) is 18.5. The molecule has 0 bridgehead atoms. The zero-order valence-corrected chi connectivity index (χ0v) is 15.2. The van der Waals surface area contributed by atoms with Gasteiger partial charge in [0.1, 0.15) is 23.5 Å². The molecule has 27 heavy (non-hydrogen) atoms. The summed E-state index contributed by atoms with van der Waals surface area (Å²) in [5.74, 6) is 2.70. The van der Waals surface area contributed by atoms with Gasteiger partial charge in [0.25, 0.3) is 0 Å². The first-order chi connectivity index (χ1) is 13.3. The van der Waals surface area contributed by atoms with Gasteiger partial charge in [-0.2, -0.15) is 0 Å². The van der Waals surface area contributed by atoms with Gasteiger partial charge in [0.05, 0.1) is 0 Å². The van der Waals surface area contributed by atoms with Crippen molar-refractivity contribution in [1.29, 1.82) is 0 Å². The second kappa shape index (κ2) is 9.40. The molecule has 0 aliphatic heterocycles. The molecule has 0 saturated heterocycles. The van der Waals surface area contributed by atoms with Crippen LogP contribution in [0.5, 0.6) is 11.5 Å². The van der Waals surface area contributed by atoms with Gasteiger partial charge in [-0.05, 0) is 42.8 Å². The molecule has 4 N–H and O–H groups in total. The van der Waals surface area contributed by atoms with Gasteiger partial charge >= 0.3 is 0 Å². The molecule has 0 saturated carbocycles. The minimum atomic E-state index is 0.472. The van der Waals surface area contributed by atoms with E-state index >= 15 is 0 Å². The Kier molecular flexibility index (Phi) is 6.43. The Morgan fingerprint density at radius 1 is 0.926 bits per heavy atom. The summed E-state index contributed by atoms with van der Waals surface area (Å²) in [6.07, 6.45) is 2.34. The standard InChI is InChI=1S/C20H23N5O2/c1-26-13-5-12-22-19-18(21)20(24-14-23-19)25-15-8-10-17(11-9-15)27-16-6-3-2-4-7-16/h2-4,6-11,14H,5,12-13,21H2,1H3,(H2,22,23,24,25). The van der Waals surface area contributed by atoms with Crippen LogP contribution in [0.15, 0.2) is 60.9 Å². The number of nitrogens with two attached hydrogens (primary N) is 1. The number of methoxy groups -OCH3 is 1. The van der Waals surface area contributed by atoms with Gasteiger partial charge in [0.15, 0.2) is 11.6 Å². The zero-order chi connectivity index (χ0) is 18.9. The highest BCUT2D eigenvalue weighted by molar-refractivity contribution is 5.77. The molecule has 0 spiro atoms. The normalized spacial score (nSPS) is 10.4. The summed E-state index contributed by atoms with van der Waals surface area (Å²) in [4.78, 5) is 8.42. The second-order valence-electron chi connectivity index (χ2n) is 5.82. The average molecular weight is 365 g/mol. The molecule has 3 rings (SSSR count). The number of rotatable bonds is 9. The third kappa shape index (κ3) is 5.32. The van der Waals surface area contributed by atoms with Crippen LogP contribution in [0, 0.1) is 0 Å². The van der Waals surface area contributed by atoms with Gasteiger partial charge < -0.3 is 25.8 Å². The van der Waals surface area contributed by atoms with Crippen LogP contribution in [0.4, 0.5) is 23.0 Å². The number of aromatic nitrogens is 2. The van der Waals surface area contributed by atoms with Crippen molar-refractivity contribution in [2.24, 2.45) is 0 Å². The Bertz CT molecular complexity index is 841. The lowest BCUT2D eigenvalue weighted by Gasteiger charge is -2.13. The number of nitrogen functional groups attached to an aromatic ring is 1. The number of benzene rings is 2. The van der Waals surface area contributed by atoms with Crippen LogP contribution in [0.25, 0.3) is 0 Å². The van der Waals surface area contributed by atoms with Crippen LogP contribution in [-0.4, -0.2) is 30.2 Å². The van der Waals surface area contributed by atoms with Gasteiger partial charge in [0, 0.05) is 25.9 Å². The summed E-state index contributed by atoms with van der Waals surface area (Å²) in [5, 5.41) is 6.40. The molecule has 1 heterocycles. The molecule has 0 amide bonds. The summed E-state index contributed by atoms with van der Waals surface area (Å²) in [6.45, 7) is 1.40. The monoisotopic (exact) mass is 365 g/mol. The maximum absolute atomic E-state index is 6.17. The van der Waals surface area contributed by atoms with Crippen molar-refractivity contribution >= 4 is 23.0 Å². The van der Waals surface area contributed by atoms with E-state index in [-0.39, 0.29) is 0 Å². The smallest absolute Gasteiger partial charge is 0.159 e. The van der Waals surface area contributed by atoms with E-state index in [9.17, 15) is 0 Å². The topological polar surface area (TPSA) is 94.3 Å². The number of ether oxygens (including phenoxy) is 2. The lowest BCUT2D eigenvalue weighted by atomic mass is 10.3. The van der Waals surface area contributed by atoms with E-state index < -0.39 is 0 Å². The van der Waals surface area contributed by atoms with Gasteiger partial charge in [-0.15, -0.1) is 0 Å². The van der Waals surface area contributed by atoms with Crippen molar-refractivity contribution < 1.29 is 9.47 Å². The molecule has 0 unspecified atom stereocenters. The first-order valence-electron chi connectivity index (χ1n) is 8.69. The largest absolute Gasteiger partial charge is 0.457 e. The van der Waals surface area contributed by atoms with Crippen LogP contribution in [0.2, 0.25) is 0 Å². The highest BCUT2D eigenvalue weighted by Gasteiger charge is 2.08. The maximum Gasteiger partial charge on any atom is 0.159 e. The van der Waals surface area contributed by atoms with Gasteiger partial charge in [-0.1, -0.05) is 18.2 Å². The molecule has 0 aliphatic rings. The van der Waals surface area contributed by atoms with E-state index in [4.69, 9.17) is 15.2 Å². The minimum absolute atomic E-state index is 0.472. The number of hydrogen-bond donors (Lipinski definition) is 3. The van der Waals surface area contributed by atoms with E-state index in [1.165, 1.54) is 6.33 Å². The molecule has 7 heteroatoms. The average Bonchev–Trinajstić information content (AvgIpc) is 2.70. The summed E-state index contributed by atoms with van der Waals surface area (Å²) in [7, 11) is 1.68. The lowest BCUT2D eigenvalue weighted by molar-refractivity contribution is 0.198. The number of anilines is 4. The van der Waals surface area contributed by atoms with E-state index in [1.54, 1.807) is 7.11 Å². The fourth-order valence-electron chi connectivity index (χ4n) is 2.43. The number of nitrogens with one attached hydrogen (secondary N) is 2. The van der Waals surface area contributed by atoms with E-state index in [1.807, 2.05) is 54.6 Å². The van der Waals surface area contributed by atoms with E-state index in [0.29, 0.717) is 23.9 Å². The molecule has 140 valence electrons. The molecule has 3 aromatic rings. The van der Waals surface area contributed by atoms with Crippen LogP contribution < -0.4 is 21.1 Å². The van der Waals surface area contributed by atoms with Crippen LogP contribution in [0.1, 0.15) is 6.42 Å². The highest BCUT2D eigenvalue weighted by atomic mass is 16.5. The Balaban J connectivity index is 1.63. The Morgan fingerprint density at radius 2 is 1.63 bits per heavy atom. The van der Waals surface area contributed by atoms with Crippen LogP contribution in [0.3, 0.4) is 0 Å². The van der Waals surface area contributed by atoms with Gasteiger partial charge in [-0.25, -0.2) is 9.97 Å². The number of hydrogen-bond acceptors (Lipinski definition) is 7. The lowest BCUT2D eigenvalue weighted by Crippen LogP contribution is -2.10. The molecule has 0 fully saturated rings. The number of para-hydroxylation sites is 1. The fourth-order valence-corrected chi connectivity index (χ4v) is 2.43. The Labute approximate surface area is 158 Å². The highest BCUT2D eigenvalue weighted by Crippen LogP contribution is 2.27. The van der Waals surface area contributed by atoms with E-state index in [0.717, 1.165) is 30.2 Å². The molecule has 0 radical (unpaired) electrons. The van der Waals surface area contributed by atoms with E-state index in [2.05, 4.69) is 20.6 Å². The molecule has 2 aromatic carbocycles. The predicted octanol–water partition coefficient (Wildman–Crippen LogP) is 4.04. The van der Waals surface area contributed by atoms with Crippen molar-refractivity contribution in [1.82, 2.24) is 9.97 Å². The fraction of sp³-hybridized carbons (Fsp3) is 0.200. The molecule has 1 aromatic heterocycles. The predicted molar refractivity (Wildman–Crippen MR) is 108 cm³/mol. The first-order valence-corrected chi connectivity index (χ1v) is 8.69. The molecule has 0 aliphatic carbocycles. The van der Waals surface area contributed by atoms with Crippen molar-refractivity contribution in [3.8, 4) is 11.5 Å². The van der Waals surface area contributed by atoms with Crippen LogP contribution in [-0.2, 0) is 4.74 Å². The number of nitrogens with zero attached hydrogens (tertiary/aromatic N) is 2.